The number of nitrogen functional groups attached to an aromatic ring is 1. The number of hydrogen-bond acceptors (Lipinski definition) is 7. The van der Waals surface area contributed by atoms with Gasteiger partial charge in [-0.2, -0.15) is 4.37 Å². The van der Waals surface area contributed by atoms with Crippen LogP contribution in [0.1, 0.15) is 18.7 Å². The molecule has 20 heavy (non-hydrogen) atoms. The van der Waals surface area contributed by atoms with E-state index in [9.17, 15) is 8.42 Å². The Kier molecular flexibility index (Phi) is 3.38. The molecule has 0 aromatic carbocycles. The molecule has 1 saturated carbocycles. The van der Waals surface area contributed by atoms with E-state index < -0.39 is 9.84 Å². The van der Waals surface area contributed by atoms with Gasteiger partial charge in [0.25, 0.3) is 0 Å². The van der Waals surface area contributed by atoms with Gasteiger partial charge in [-0.25, -0.2) is 13.4 Å². The van der Waals surface area contributed by atoms with Gasteiger partial charge in [-0.15, -0.1) is 0 Å². The Morgan fingerprint density at radius 1 is 1.50 bits per heavy atom. The number of H-pyrrole nitrogens is 1. The Labute approximate surface area is 120 Å². The molecule has 7 nitrogen and oxygen atoms in total. The van der Waals surface area contributed by atoms with Crippen molar-refractivity contribution < 1.29 is 8.42 Å². The molecule has 0 unspecified atom stereocenters. The molecule has 0 amide bonds. The van der Waals surface area contributed by atoms with E-state index in [0.717, 1.165) is 17.4 Å². The monoisotopic (exact) mass is 313 g/mol. The molecule has 0 aliphatic heterocycles. The number of anilines is 2. The number of nitrogens with one attached hydrogen (secondary N) is 2. The molecule has 0 atom stereocenters. The normalized spacial score (nSPS) is 15.4. The van der Waals surface area contributed by atoms with Crippen LogP contribution in [-0.2, 0) is 16.3 Å². The van der Waals surface area contributed by atoms with Crippen LogP contribution in [0.2, 0.25) is 0 Å². The van der Waals surface area contributed by atoms with Gasteiger partial charge < -0.3 is 16.0 Å². The molecule has 0 spiro atoms. The summed E-state index contributed by atoms with van der Waals surface area (Å²) in [5.41, 5.74) is 5.72. The van der Waals surface area contributed by atoms with Crippen LogP contribution >= 0.6 is 11.5 Å². The highest BCUT2D eigenvalue weighted by molar-refractivity contribution is 7.92. The van der Waals surface area contributed by atoms with Gasteiger partial charge in [0.2, 0.25) is 0 Å². The number of aromatic nitrogens is 3. The Morgan fingerprint density at radius 3 is 2.95 bits per heavy atom. The van der Waals surface area contributed by atoms with Crippen LogP contribution in [0.3, 0.4) is 0 Å². The van der Waals surface area contributed by atoms with Crippen molar-refractivity contribution in [2.45, 2.75) is 29.4 Å². The van der Waals surface area contributed by atoms with Gasteiger partial charge in [0.05, 0.1) is 5.25 Å². The number of nitrogens with zero attached hydrogens (tertiary/aromatic N) is 2. The van der Waals surface area contributed by atoms with Crippen molar-refractivity contribution in [3.05, 3.63) is 18.2 Å². The SMILES string of the molecule is Nc1nsc(NCCc2ncc[nH]2)c1S(=O)(=O)C1CC1. The topological polar surface area (TPSA) is 114 Å². The molecular weight excluding hydrogens is 298 g/mol. The van der Waals surface area contributed by atoms with Crippen LogP contribution in [0.5, 0.6) is 0 Å². The lowest BCUT2D eigenvalue weighted by Crippen LogP contribution is -2.13. The molecule has 2 aromatic heterocycles. The number of rotatable bonds is 6. The summed E-state index contributed by atoms with van der Waals surface area (Å²) in [5.74, 6) is 0.948. The molecule has 2 aromatic rings. The molecule has 1 aliphatic rings. The lowest BCUT2D eigenvalue weighted by atomic mass is 10.4. The van der Waals surface area contributed by atoms with Crippen molar-refractivity contribution in [1.82, 2.24) is 14.3 Å². The van der Waals surface area contributed by atoms with Crippen LogP contribution < -0.4 is 11.1 Å². The standard InChI is InChI=1S/C11H15N5O2S2/c12-10-9(20(17,18)7-1-2-7)11(19-16-10)15-4-3-8-13-5-6-14-8/h5-7,15H,1-4H2,(H2,12,16)(H,13,14). The molecule has 4 N–H and O–H groups in total. The summed E-state index contributed by atoms with van der Waals surface area (Å²) in [7, 11) is -3.33. The van der Waals surface area contributed by atoms with Gasteiger partial charge in [-0.05, 0) is 24.4 Å². The molecule has 108 valence electrons. The molecule has 0 saturated heterocycles. The fourth-order valence-corrected chi connectivity index (χ4v) is 4.87. The predicted octanol–water partition coefficient (Wildman–Crippen LogP) is 1.04. The number of imidazole rings is 1. The van der Waals surface area contributed by atoms with Crippen molar-refractivity contribution >= 4 is 32.2 Å². The minimum absolute atomic E-state index is 0.0994. The van der Waals surface area contributed by atoms with Crippen LogP contribution in [0.4, 0.5) is 10.8 Å². The Bertz CT molecular complexity index is 688. The molecule has 2 heterocycles. The van der Waals surface area contributed by atoms with E-state index in [4.69, 9.17) is 5.73 Å². The predicted molar refractivity (Wildman–Crippen MR) is 77.5 cm³/mol. The fraction of sp³-hybridized carbons (Fsp3) is 0.455. The smallest absolute Gasteiger partial charge is 0.187 e. The number of nitrogens with two attached hydrogens (primary N) is 1. The third-order valence-electron chi connectivity index (χ3n) is 3.12. The molecule has 0 radical (unpaired) electrons. The van der Waals surface area contributed by atoms with Crippen LogP contribution in [-0.4, -0.2) is 34.6 Å². The fourth-order valence-electron chi connectivity index (χ4n) is 1.96. The average Bonchev–Trinajstić information content (AvgIpc) is 3.03. The summed E-state index contributed by atoms with van der Waals surface area (Å²) >= 11 is 1.09. The summed E-state index contributed by atoms with van der Waals surface area (Å²) in [6.45, 7) is 0.572. The summed E-state index contributed by atoms with van der Waals surface area (Å²) in [6.07, 6.45) is 5.53. The van der Waals surface area contributed by atoms with Gasteiger partial charge in [-0.3, -0.25) is 0 Å². The summed E-state index contributed by atoms with van der Waals surface area (Å²) in [5, 5.41) is 3.34. The van der Waals surface area contributed by atoms with E-state index in [1.807, 2.05) is 0 Å². The van der Waals surface area contributed by atoms with Crippen LogP contribution in [0, 0.1) is 0 Å². The van der Waals surface area contributed by atoms with Crippen molar-refractivity contribution in [2.75, 3.05) is 17.6 Å². The number of hydrogen-bond donors (Lipinski definition) is 3. The molecule has 1 fully saturated rings. The van der Waals surface area contributed by atoms with E-state index in [1.54, 1.807) is 12.4 Å². The first-order valence-electron chi connectivity index (χ1n) is 6.30. The van der Waals surface area contributed by atoms with Gasteiger partial charge in [-0.1, -0.05) is 0 Å². The van der Waals surface area contributed by atoms with E-state index in [2.05, 4.69) is 19.7 Å². The second-order valence-corrected chi connectivity index (χ2v) is 7.62. The first kappa shape index (κ1) is 13.4. The maximum Gasteiger partial charge on any atom is 0.187 e. The van der Waals surface area contributed by atoms with Crippen molar-refractivity contribution in [3.8, 4) is 0 Å². The minimum Gasteiger partial charge on any atom is -0.382 e. The number of aromatic amines is 1. The van der Waals surface area contributed by atoms with E-state index in [1.165, 1.54) is 0 Å². The maximum atomic E-state index is 12.3. The second kappa shape index (κ2) is 5.06. The minimum atomic E-state index is -3.33. The van der Waals surface area contributed by atoms with Crippen molar-refractivity contribution in [2.24, 2.45) is 0 Å². The highest BCUT2D eigenvalue weighted by Crippen LogP contribution is 2.40. The first-order chi connectivity index (χ1) is 9.59. The molecule has 1 aliphatic carbocycles. The summed E-state index contributed by atoms with van der Waals surface area (Å²) in [4.78, 5) is 7.28. The Hall–Kier alpha value is -1.61. The van der Waals surface area contributed by atoms with Crippen LogP contribution in [0.15, 0.2) is 17.3 Å². The van der Waals surface area contributed by atoms with Crippen molar-refractivity contribution in [3.63, 3.8) is 0 Å². The maximum absolute atomic E-state index is 12.3. The Morgan fingerprint density at radius 2 is 2.30 bits per heavy atom. The van der Waals surface area contributed by atoms with E-state index in [0.29, 0.717) is 30.8 Å². The third-order valence-corrected chi connectivity index (χ3v) is 6.40. The zero-order valence-corrected chi connectivity index (χ0v) is 12.3. The van der Waals surface area contributed by atoms with E-state index in [-0.39, 0.29) is 16.0 Å². The zero-order chi connectivity index (χ0) is 14.2. The largest absolute Gasteiger partial charge is 0.382 e. The third kappa shape index (κ3) is 2.50. The summed E-state index contributed by atoms with van der Waals surface area (Å²) < 4.78 is 28.6. The highest BCUT2D eigenvalue weighted by Gasteiger charge is 2.40. The first-order valence-corrected chi connectivity index (χ1v) is 8.62. The second-order valence-electron chi connectivity index (χ2n) is 4.68. The quantitative estimate of drug-likeness (QED) is 0.734. The molecule has 3 rings (SSSR count). The lowest BCUT2D eigenvalue weighted by Gasteiger charge is -2.06. The van der Waals surface area contributed by atoms with Crippen molar-refractivity contribution in [1.29, 1.82) is 0 Å². The van der Waals surface area contributed by atoms with Gasteiger partial charge >= 0.3 is 0 Å². The average molecular weight is 313 g/mol. The van der Waals surface area contributed by atoms with Gasteiger partial charge in [0.1, 0.15) is 15.7 Å². The molecule has 0 bridgehead atoms. The lowest BCUT2D eigenvalue weighted by molar-refractivity contribution is 0.595. The molecular formula is C11H15N5O2S2. The van der Waals surface area contributed by atoms with Crippen LogP contribution in [0.25, 0.3) is 0 Å². The highest BCUT2D eigenvalue weighted by atomic mass is 32.2. The van der Waals surface area contributed by atoms with Gasteiger partial charge in [0, 0.05) is 25.4 Å². The van der Waals surface area contributed by atoms with Gasteiger partial charge in [0.15, 0.2) is 15.7 Å². The Balaban J connectivity index is 1.74. The molecule has 9 heteroatoms. The number of sulfone groups is 1. The van der Waals surface area contributed by atoms with E-state index >= 15 is 0 Å². The summed E-state index contributed by atoms with van der Waals surface area (Å²) in [6, 6.07) is 0. The zero-order valence-electron chi connectivity index (χ0n) is 10.7.